The Morgan fingerprint density at radius 1 is 1.19 bits per heavy atom. The van der Waals surface area contributed by atoms with Crippen LogP contribution in [0.2, 0.25) is 0 Å². The summed E-state index contributed by atoms with van der Waals surface area (Å²) in [5.41, 5.74) is 3.63. The van der Waals surface area contributed by atoms with Crippen LogP contribution in [-0.4, -0.2) is 13.2 Å². The average molecular weight is 285 g/mol. The quantitative estimate of drug-likeness (QED) is 0.894. The van der Waals surface area contributed by atoms with Crippen LogP contribution in [0.1, 0.15) is 24.0 Å². The Morgan fingerprint density at radius 2 is 2.00 bits per heavy atom. The fourth-order valence-corrected chi connectivity index (χ4v) is 2.45. The van der Waals surface area contributed by atoms with Crippen molar-refractivity contribution in [2.45, 2.75) is 32.4 Å². The maximum atomic E-state index is 14.3. The molecule has 110 valence electrons. The van der Waals surface area contributed by atoms with Crippen LogP contribution in [0.3, 0.4) is 0 Å². The van der Waals surface area contributed by atoms with Crippen molar-refractivity contribution in [2.24, 2.45) is 0 Å². The second kappa shape index (κ2) is 5.86. The van der Waals surface area contributed by atoms with Gasteiger partial charge < -0.3 is 10.1 Å². The van der Waals surface area contributed by atoms with Crippen molar-refractivity contribution in [2.75, 3.05) is 7.11 Å². The van der Waals surface area contributed by atoms with Gasteiger partial charge in [0, 0.05) is 23.7 Å². The zero-order chi connectivity index (χ0) is 14.8. The molecule has 0 saturated heterocycles. The van der Waals surface area contributed by atoms with Gasteiger partial charge in [-0.15, -0.1) is 0 Å². The lowest BCUT2D eigenvalue weighted by atomic mass is 10.0. The molecular formula is C18H20FNO. The van der Waals surface area contributed by atoms with Crippen LogP contribution in [0.15, 0.2) is 36.4 Å². The van der Waals surface area contributed by atoms with E-state index >= 15 is 0 Å². The molecule has 1 fully saturated rings. The maximum absolute atomic E-state index is 14.3. The molecule has 2 aromatic carbocycles. The largest absolute Gasteiger partial charge is 0.496 e. The summed E-state index contributed by atoms with van der Waals surface area (Å²) in [5, 5.41) is 3.34. The van der Waals surface area contributed by atoms with E-state index in [1.54, 1.807) is 13.2 Å². The summed E-state index contributed by atoms with van der Waals surface area (Å²) < 4.78 is 19.6. The minimum atomic E-state index is -0.163. The van der Waals surface area contributed by atoms with Crippen molar-refractivity contribution in [3.05, 3.63) is 53.3 Å². The Hall–Kier alpha value is -1.87. The van der Waals surface area contributed by atoms with Gasteiger partial charge in [0.2, 0.25) is 0 Å². The molecule has 0 bridgehead atoms. The molecule has 0 aromatic heterocycles. The first-order valence-electron chi connectivity index (χ1n) is 7.34. The SMILES string of the molecule is COc1ccc(C)cc1-c1ccc(CNC2CC2)c(F)c1. The first-order valence-corrected chi connectivity index (χ1v) is 7.34. The predicted octanol–water partition coefficient (Wildman–Crippen LogP) is 4.06. The number of hydrogen-bond acceptors (Lipinski definition) is 2. The molecule has 1 aliphatic rings. The molecule has 0 unspecified atom stereocenters. The molecule has 0 heterocycles. The number of aryl methyl sites for hydroxylation is 1. The van der Waals surface area contributed by atoms with Gasteiger partial charge in [0.1, 0.15) is 11.6 Å². The number of halogens is 1. The van der Waals surface area contributed by atoms with E-state index < -0.39 is 0 Å². The standard InChI is InChI=1S/C18H20FNO/c1-12-3-8-18(21-2)16(9-12)13-4-5-14(17(19)10-13)11-20-15-6-7-15/h3-5,8-10,15,20H,6-7,11H2,1-2H3. The predicted molar refractivity (Wildman–Crippen MR) is 83.0 cm³/mol. The number of nitrogens with one attached hydrogen (secondary N) is 1. The van der Waals surface area contributed by atoms with Crippen LogP contribution >= 0.6 is 0 Å². The van der Waals surface area contributed by atoms with Gasteiger partial charge in [0.25, 0.3) is 0 Å². The molecule has 3 rings (SSSR count). The lowest BCUT2D eigenvalue weighted by Gasteiger charge is -2.11. The lowest BCUT2D eigenvalue weighted by molar-refractivity contribution is 0.416. The molecule has 0 amide bonds. The summed E-state index contributed by atoms with van der Waals surface area (Å²) in [6.07, 6.45) is 2.42. The van der Waals surface area contributed by atoms with Crippen LogP contribution in [0.4, 0.5) is 4.39 Å². The van der Waals surface area contributed by atoms with E-state index in [1.807, 2.05) is 37.3 Å². The third-order valence-corrected chi connectivity index (χ3v) is 3.88. The van der Waals surface area contributed by atoms with Crippen LogP contribution < -0.4 is 10.1 Å². The van der Waals surface area contributed by atoms with E-state index in [4.69, 9.17) is 4.74 Å². The van der Waals surface area contributed by atoms with Crippen LogP contribution in [0, 0.1) is 12.7 Å². The van der Waals surface area contributed by atoms with Crippen molar-refractivity contribution in [3.8, 4) is 16.9 Å². The van der Waals surface area contributed by atoms with E-state index in [0.29, 0.717) is 12.6 Å². The number of hydrogen-bond donors (Lipinski definition) is 1. The van der Waals surface area contributed by atoms with Gasteiger partial charge in [-0.25, -0.2) is 4.39 Å². The summed E-state index contributed by atoms with van der Waals surface area (Å²) in [6, 6.07) is 11.9. The molecule has 1 aliphatic carbocycles. The molecule has 0 radical (unpaired) electrons. The lowest BCUT2D eigenvalue weighted by Crippen LogP contribution is -2.16. The van der Waals surface area contributed by atoms with Gasteiger partial charge in [0.05, 0.1) is 7.11 Å². The second-order valence-electron chi connectivity index (χ2n) is 5.67. The zero-order valence-corrected chi connectivity index (χ0v) is 12.4. The fourth-order valence-electron chi connectivity index (χ4n) is 2.45. The van der Waals surface area contributed by atoms with E-state index in [-0.39, 0.29) is 5.82 Å². The zero-order valence-electron chi connectivity index (χ0n) is 12.4. The molecule has 1 N–H and O–H groups in total. The number of methoxy groups -OCH3 is 1. The highest BCUT2D eigenvalue weighted by Crippen LogP contribution is 2.32. The number of rotatable bonds is 5. The molecule has 0 aliphatic heterocycles. The minimum Gasteiger partial charge on any atom is -0.496 e. The van der Waals surface area contributed by atoms with Crippen molar-refractivity contribution in [1.82, 2.24) is 5.32 Å². The first-order chi connectivity index (χ1) is 10.2. The highest BCUT2D eigenvalue weighted by atomic mass is 19.1. The summed E-state index contributed by atoms with van der Waals surface area (Å²) >= 11 is 0. The Morgan fingerprint density at radius 3 is 2.67 bits per heavy atom. The highest BCUT2D eigenvalue weighted by molar-refractivity contribution is 5.71. The summed E-state index contributed by atoms with van der Waals surface area (Å²) in [6.45, 7) is 2.62. The number of ether oxygens (including phenoxy) is 1. The smallest absolute Gasteiger partial charge is 0.128 e. The Bertz CT molecular complexity index is 650. The summed E-state index contributed by atoms with van der Waals surface area (Å²) in [7, 11) is 1.64. The third kappa shape index (κ3) is 3.24. The highest BCUT2D eigenvalue weighted by Gasteiger charge is 2.20. The minimum absolute atomic E-state index is 0.163. The molecule has 0 atom stereocenters. The normalized spacial score (nSPS) is 14.2. The molecule has 0 spiro atoms. The topological polar surface area (TPSA) is 21.3 Å². The van der Waals surface area contributed by atoms with Crippen LogP contribution in [0.25, 0.3) is 11.1 Å². The van der Waals surface area contributed by atoms with Gasteiger partial charge in [-0.3, -0.25) is 0 Å². The molecule has 21 heavy (non-hydrogen) atoms. The van der Waals surface area contributed by atoms with E-state index in [9.17, 15) is 4.39 Å². The summed E-state index contributed by atoms with van der Waals surface area (Å²) in [4.78, 5) is 0. The first kappa shape index (κ1) is 14.1. The van der Waals surface area contributed by atoms with Gasteiger partial charge in [0.15, 0.2) is 0 Å². The van der Waals surface area contributed by atoms with Crippen molar-refractivity contribution in [1.29, 1.82) is 0 Å². The van der Waals surface area contributed by atoms with Crippen molar-refractivity contribution < 1.29 is 9.13 Å². The fraction of sp³-hybridized carbons (Fsp3) is 0.333. The van der Waals surface area contributed by atoms with Crippen LogP contribution in [0.5, 0.6) is 5.75 Å². The maximum Gasteiger partial charge on any atom is 0.128 e. The van der Waals surface area contributed by atoms with Gasteiger partial charge in [-0.2, -0.15) is 0 Å². The van der Waals surface area contributed by atoms with Crippen LogP contribution in [-0.2, 0) is 6.54 Å². The van der Waals surface area contributed by atoms with Gasteiger partial charge in [-0.05, 0) is 43.5 Å². The van der Waals surface area contributed by atoms with Crippen molar-refractivity contribution >= 4 is 0 Å². The molecular weight excluding hydrogens is 265 g/mol. The average Bonchev–Trinajstić information content (AvgIpc) is 3.30. The molecule has 2 aromatic rings. The number of benzene rings is 2. The van der Waals surface area contributed by atoms with Crippen molar-refractivity contribution in [3.63, 3.8) is 0 Å². The monoisotopic (exact) mass is 285 g/mol. The third-order valence-electron chi connectivity index (χ3n) is 3.88. The summed E-state index contributed by atoms with van der Waals surface area (Å²) in [5.74, 6) is 0.605. The second-order valence-corrected chi connectivity index (χ2v) is 5.67. The van der Waals surface area contributed by atoms with Gasteiger partial charge in [-0.1, -0.05) is 23.8 Å². The molecule has 1 saturated carbocycles. The molecule has 3 heteroatoms. The van der Waals surface area contributed by atoms with E-state index in [0.717, 1.165) is 28.0 Å². The van der Waals surface area contributed by atoms with E-state index in [2.05, 4.69) is 5.32 Å². The van der Waals surface area contributed by atoms with Gasteiger partial charge >= 0.3 is 0 Å². The van der Waals surface area contributed by atoms with E-state index in [1.165, 1.54) is 12.8 Å². The Kier molecular flexibility index (Phi) is 3.93. The Labute approximate surface area is 125 Å². The Balaban J connectivity index is 1.88. The molecule has 2 nitrogen and oxygen atoms in total.